The summed E-state index contributed by atoms with van der Waals surface area (Å²) < 4.78 is 8.83. The molecular weight excluding hydrogens is 150 g/mol. The number of hydrogen-bond acceptors (Lipinski definition) is 4. The van der Waals surface area contributed by atoms with Crippen LogP contribution in [0.1, 0.15) is 6.42 Å². The van der Waals surface area contributed by atoms with Crippen molar-refractivity contribution in [1.82, 2.24) is 5.32 Å². The molecular formula is C6H11NO4. The molecule has 11 heavy (non-hydrogen) atoms. The maximum Gasteiger partial charge on any atom is 0.406 e. The third-order valence-electron chi connectivity index (χ3n) is 0.971. The molecule has 0 fully saturated rings. The monoisotopic (exact) mass is 161 g/mol. The van der Waals surface area contributed by atoms with Crippen molar-refractivity contribution in [2.45, 2.75) is 6.42 Å². The summed E-state index contributed by atoms with van der Waals surface area (Å²) in [6.07, 6.45) is -0.460. The van der Waals surface area contributed by atoms with Crippen LogP contribution in [0.2, 0.25) is 0 Å². The van der Waals surface area contributed by atoms with Crippen molar-refractivity contribution < 1.29 is 19.1 Å². The van der Waals surface area contributed by atoms with Crippen LogP contribution >= 0.6 is 0 Å². The number of carbonyl (C=O) groups excluding carboxylic acids is 2. The molecule has 0 bridgehead atoms. The first kappa shape index (κ1) is 9.74. The molecule has 0 spiro atoms. The van der Waals surface area contributed by atoms with Crippen LogP contribution in [0.15, 0.2) is 0 Å². The summed E-state index contributed by atoms with van der Waals surface area (Å²) >= 11 is 0. The zero-order valence-electron chi connectivity index (χ0n) is 6.55. The van der Waals surface area contributed by atoms with Gasteiger partial charge in [0.2, 0.25) is 0 Å². The van der Waals surface area contributed by atoms with Crippen molar-refractivity contribution in [3.8, 4) is 0 Å². The highest BCUT2D eigenvalue weighted by molar-refractivity contribution is 5.70. The van der Waals surface area contributed by atoms with Gasteiger partial charge in [0, 0.05) is 7.05 Å². The number of alkyl carbamates (subject to hydrolysis) is 1. The molecule has 0 heterocycles. The van der Waals surface area contributed by atoms with Crippen LogP contribution in [0.25, 0.3) is 0 Å². The highest BCUT2D eigenvalue weighted by Crippen LogP contribution is 1.85. The SMILES string of the molecule is CNC(=O)OCCC(=O)OC. The highest BCUT2D eigenvalue weighted by Gasteiger charge is 2.02. The van der Waals surface area contributed by atoms with E-state index >= 15 is 0 Å². The number of hydrogen-bond donors (Lipinski definition) is 1. The number of esters is 1. The maximum atomic E-state index is 10.4. The molecule has 0 aromatic heterocycles. The Labute approximate surface area is 64.7 Å². The maximum absolute atomic E-state index is 10.4. The topological polar surface area (TPSA) is 64.6 Å². The van der Waals surface area contributed by atoms with Crippen LogP contribution in [0.3, 0.4) is 0 Å². The number of amides is 1. The normalized spacial score (nSPS) is 8.55. The van der Waals surface area contributed by atoms with Gasteiger partial charge in [-0.1, -0.05) is 0 Å². The quantitative estimate of drug-likeness (QED) is 0.587. The molecule has 0 aromatic rings. The molecule has 64 valence electrons. The van der Waals surface area contributed by atoms with Crippen molar-refractivity contribution in [1.29, 1.82) is 0 Å². The zero-order valence-corrected chi connectivity index (χ0v) is 6.55. The van der Waals surface area contributed by atoms with Crippen molar-refractivity contribution in [3.05, 3.63) is 0 Å². The number of ether oxygens (including phenoxy) is 2. The molecule has 0 atom stereocenters. The van der Waals surface area contributed by atoms with Crippen LogP contribution < -0.4 is 5.32 Å². The Balaban J connectivity index is 3.27. The van der Waals surface area contributed by atoms with E-state index in [2.05, 4.69) is 14.8 Å². The molecule has 5 heteroatoms. The van der Waals surface area contributed by atoms with Gasteiger partial charge in [-0.3, -0.25) is 4.79 Å². The molecule has 0 aliphatic carbocycles. The first-order valence-electron chi connectivity index (χ1n) is 3.12. The van der Waals surface area contributed by atoms with Gasteiger partial charge in [0.05, 0.1) is 13.5 Å². The lowest BCUT2D eigenvalue weighted by atomic mass is 10.5. The molecule has 0 aliphatic heterocycles. The van der Waals surface area contributed by atoms with Crippen LogP contribution in [-0.4, -0.2) is 32.8 Å². The minimum Gasteiger partial charge on any atom is -0.469 e. The fraction of sp³-hybridized carbons (Fsp3) is 0.667. The summed E-state index contributed by atoms with van der Waals surface area (Å²) in [6.45, 7) is 0.0480. The van der Waals surface area contributed by atoms with Crippen LogP contribution in [0, 0.1) is 0 Å². The van der Waals surface area contributed by atoms with Crippen molar-refractivity contribution in [2.24, 2.45) is 0 Å². The Morgan fingerprint density at radius 1 is 1.45 bits per heavy atom. The lowest BCUT2D eigenvalue weighted by Gasteiger charge is -2.01. The average Bonchev–Trinajstić information content (AvgIpc) is 2.04. The number of methoxy groups -OCH3 is 1. The summed E-state index contributed by atoms with van der Waals surface area (Å²) in [5.41, 5.74) is 0. The van der Waals surface area contributed by atoms with E-state index in [0.29, 0.717) is 0 Å². The van der Waals surface area contributed by atoms with E-state index in [1.807, 2.05) is 0 Å². The molecule has 0 unspecified atom stereocenters. The molecule has 0 rings (SSSR count). The highest BCUT2D eigenvalue weighted by atomic mass is 16.6. The van der Waals surface area contributed by atoms with Crippen LogP contribution in [0.4, 0.5) is 4.79 Å². The predicted octanol–water partition coefficient (Wildman–Crippen LogP) is -0.0945. The summed E-state index contributed by atoms with van der Waals surface area (Å²) in [5.74, 6) is -0.395. The second-order valence-electron chi connectivity index (χ2n) is 1.71. The van der Waals surface area contributed by atoms with Crippen LogP contribution in [-0.2, 0) is 14.3 Å². The van der Waals surface area contributed by atoms with E-state index < -0.39 is 12.1 Å². The van der Waals surface area contributed by atoms with Gasteiger partial charge in [-0.2, -0.15) is 0 Å². The number of carbonyl (C=O) groups is 2. The third kappa shape index (κ3) is 5.20. The van der Waals surface area contributed by atoms with E-state index in [9.17, 15) is 9.59 Å². The smallest absolute Gasteiger partial charge is 0.406 e. The van der Waals surface area contributed by atoms with E-state index in [0.717, 1.165) is 0 Å². The third-order valence-corrected chi connectivity index (χ3v) is 0.971. The zero-order chi connectivity index (χ0) is 8.69. The molecule has 0 aliphatic rings. The van der Waals surface area contributed by atoms with Crippen LogP contribution in [0.5, 0.6) is 0 Å². The molecule has 5 nitrogen and oxygen atoms in total. The summed E-state index contributed by atoms with van der Waals surface area (Å²) in [5, 5.41) is 2.24. The van der Waals surface area contributed by atoms with E-state index in [-0.39, 0.29) is 13.0 Å². The molecule has 0 saturated heterocycles. The first-order chi connectivity index (χ1) is 5.20. The van der Waals surface area contributed by atoms with E-state index in [1.165, 1.54) is 14.2 Å². The second kappa shape index (κ2) is 5.52. The fourth-order valence-corrected chi connectivity index (χ4v) is 0.401. The van der Waals surface area contributed by atoms with Gasteiger partial charge in [-0.25, -0.2) is 4.79 Å². The Morgan fingerprint density at radius 3 is 2.55 bits per heavy atom. The van der Waals surface area contributed by atoms with E-state index in [1.54, 1.807) is 0 Å². The minimum atomic E-state index is -0.547. The van der Waals surface area contributed by atoms with Crippen molar-refractivity contribution in [3.63, 3.8) is 0 Å². The number of rotatable bonds is 3. The Bertz CT molecular complexity index is 130. The minimum absolute atomic E-state index is 0.0480. The molecule has 0 saturated carbocycles. The summed E-state index contributed by atoms with van der Waals surface area (Å²) in [4.78, 5) is 20.8. The van der Waals surface area contributed by atoms with Gasteiger partial charge in [-0.15, -0.1) is 0 Å². The standard InChI is InChI=1S/C6H11NO4/c1-7-6(9)11-4-3-5(8)10-2/h3-4H2,1-2H3,(H,7,9). The molecule has 1 amide bonds. The van der Waals surface area contributed by atoms with Gasteiger partial charge in [0.25, 0.3) is 0 Å². The fourth-order valence-electron chi connectivity index (χ4n) is 0.401. The average molecular weight is 161 g/mol. The summed E-state index contributed by atoms with van der Waals surface area (Å²) in [6, 6.07) is 0. The van der Waals surface area contributed by atoms with Crippen molar-refractivity contribution in [2.75, 3.05) is 20.8 Å². The molecule has 0 aromatic carbocycles. The Kier molecular flexibility index (Phi) is 4.89. The first-order valence-corrected chi connectivity index (χ1v) is 3.12. The Morgan fingerprint density at radius 2 is 2.09 bits per heavy atom. The van der Waals surface area contributed by atoms with Crippen molar-refractivity contribution >= 4 is 12.1 Å². The molecule has 1 N–H and O–H groups in total. The summed E-state index contributed by atoms with van der Waals surface area (Å²) in [7, 11) is 2.72. The van der Waals surface area contributed by atoms with E-state index in [4.69, 9.17) is 0 Å². The predicted molar refractivity (Wildman–Crippen MR) is 37.0 cm³/mol. The largest absolute Gasteiger partial charge is 0.469 e. The lowest BCUT2D eigenvalue weighted by Crippen LogP contribution is -2.20. The molecule has 0 radical (unpaired) electrons. The van der Waals surface area contributed by atoms with Gasteiger partial charge in [-0.05, 0) is 0 Å². The van der Waals surface area contributed by atoms with Gasteiger partial charge in [0.15, 0.2) is 0 Å². The number of nitrogens with one attached hydrogen (secondary N) is 1. The Hall–Kier alpha value is -1.26. The lowest BCUT2D eigenvalue weighted by molar-refractivity contribution is -0.141. The van der Waals surface area contributed by atoms with Gasteiger partial charge < -0.3 is 14.8 Å². The second-order valence-corrected chi connectivity index (χ2v) is 1.71. The van der Waals surface area contributed by atoms with Gasteiger partial charge >= 0.3 is 12.1 Å². The van der Waals surface area contributed by atoms with Gasteiger partial charge in [0.1, 0.15) is 6.61 Å².